The molecule has 1 aliphatic rings. The van der Waals surface area contributed by atoms with Crippen molar-refractivity contribution >= 4 is 12.6 Å². The number of hydrogen-bond acceptors (Lipinski definition) is 3. The molecule has 0 spiro atoms. The van der Waals surface area contributed by atoms with Crippen molar-refractivity contribution in [2.24, 2.45) is 5.92 Å². The number of likely N-dealkylation sites (tertiary alicyclic amines) is 1. The summed E-state index contributed by atoms with van der Waals surface area (Å²) in [5, 5.41) is 9.33. The zero-order chi connectivity index (χ0) is 9.68. The van der Waals surface area contributed by atoms with Gasteiger partial charge in [-0.25, -0.2) is 0 Å². The fourth-order valence-electron chi connectivity index (χ4n) is 1.78. The van der Waals surface area contributed by atoms with Crippen LogP contribution in [-0.4, -0.2) is 41.5 Å². The van der Waals surface area contributed by atoms with Gasteiger partial charge >= 0.3 is 0 Å². The quantitative estimate of drug-likeness (QED) is 0.675. The maximum atomic E-state index is 9.33. The van der Waals surface area contributed by atoms with Gasteiger partial charge in [0, 0.05) is 19.6 Å². The summed E-state index contributed by atoms with van der Waals surface area (Å²) >= 11 is 4.34. The van der Waals surface area contributed by atoms with E-state index in [9.17, 15) is 5.11 Å². The van der Waals surface area contributed by atoms with Gasteiger partial charge in [-0.1, -0.05) is 13.3 Å². The number of rotatable bonds is 4. The summed E-state index contributed by atoms with van der Waals surface area (Å²) in [6.07, 6.45) is 3.06. The van der Waals surface area contributed by atoms with Crippen LogP contribution in [0.1, 0.15) is 26.2 Å². The fourth-order valence-corrected chi connectivity index (χ4v) is 2.16. The smallest absolute Gasteiger partial charge is 0.0564 e. The van der Waals surface area contributed by atoms with E-state index in [1.165, 1.54) is 6.42 Å². The first-order chi connectivity index (χ1) is 6.26. The number of piperidine rings is 1. The SMILES string of the molecule is CCC(CS)CN1CCC(O)CC1. The average Bonchev–Trinajstić information content (AvgIpc) is 2.17. The first kappa shape index (κ1) is 11.3. The molecule has 1 N–H and O–H groups in total. The van der Waals surface area contributed by atoms with E-state index in [0.29, 0.717) is 0 Å². The molecule has 13 heavy (non-hydrogen) atoms. The van der Waals surface area contributed by atoms with Gasteiger partial charge in [-0.05, 0) is 24.5 Å². The van der Waals surface area contributed by atoms with Crippen molar-refractivity contribution in [1.82, 2.24) is 4.90 Å². The third kappa shape index (κ3) is 3.88. The molecule has 1 atom stereocenters. The van der Waals surface area contributed by atoms with Crippen LogP contribution in [0.3, 0.4) is 0 Å². The monoisotopic (exact) mass is 203 g/mol. The molecule has 1 fully saturated rings. The predicted molar refractivity (Wildman–Crippen MR) is 59.3 cm³/mol. The van der Waals surface area contributed by atoms with Crippen LogP contribution >= 0.6 is 12.6 Å². The molecule has 3 heteroatoms. The van der Waals surface area contributed by atoms with Crippen LogP contribution in [0.15, 0.2) is 0 Å². The summed E-state index contributed by atoms with van der Waals surface area (Å²) in [4.78, 5) is 2.46. The molecule has 0 saturated carbocycles. The zero-order valence-electron chi connectivity index (χ0n) is 8.45. The molecule has 0 aromatic rings. The molecule has 0 aromatic heterocycles. The lowest BCUT2D eigenvalue weighted by atomic mass is 10.0. The van der Waals surface area contributed by atoms with Crippen molar-refractivity contribution in [1.29, 1.82) is 0 Å². The minimum absolute atomic E-state index is 0.0488. The minimum atomic E-state index is -0.0488. The first-order valence-electron chi connectivity index (χ1n) is 5.27. The molecule has 1 rings (SSSR count). The lowest BCUT2D eigenvalue weighted by Crippen LogP contribution is -2.39. The highest BCUT2D eigenvalue weighted by molar-refractivity contribution is 7.80. The number of thiol groups is 1. The number of aliphatic hydroxyl groups is 1. The van der Waals surface area contributed by atoms with Crippen LogP contribution < -0.4 is 0 Å². The minimum Gasteiger partial charge on any atom is -0.393 e. The van der Waals surface area contributed by atoms with Crippen LogP contribution in [-0.2, 0) is 0 Å². The van der Waals surface area contributed by atoms with Crippen molar-refractivity contribution in [3.8, 4) is 0 Å². The Bertz CT molecular complexity index is 131. The molecule has 1 unspecified atom stereocenters. The molecule has 0 radical (unpaired) electrons. The van der Waals surface area contributed by atoms with Gasteiger partial charge in [0.15, 0.2) is 0 Å². The molecule has 0 amide bonds. The fraction of sp³-hybridized carbons (Fsp3) is 1.00. The Labute approximate surface area is 86.7 Å². The van der Waals surface area contributed by atoms with E-state index in [-0.39, 0.29) is 6.10 Å². The Hall–Kier alpha value is 0.270. The summed E-state index contributed by atoms with van der Waals surface area (Å²) in [6, 6.07) is 0. The van der Waals surface area contributed by atoms with Gasteiger partial charge in [0.25, 0.3) is 0 Å². The Balaban J connectivity index is 2.21. The normalized spacial score (nSPS) is 23.3. The third-order valence-corrected chi connectivity index (χ3v) is 3.43. The average molecular weight is 203 g/mol. The largest absolute Gasteiger partial charge is 0.393 e. The summed E-state index contributed by atoms with van der Waals surface area (Å²) in [5.41, 5.74) is 0. The number of hydrogen-bond donors (Lipinski definition) is 2. The van der Waals surface area contributed by atoms with Gasteiger partial charge in [0.05, 0.1) is 6.10 Å². The van der Waals surface area contributed by atoms with Crippen molar-refractivity contribution in [3.05, 3.63) is 0 Å². The standard InChI is InChI=1S/C10H21NOS/c1-2-9(8-13)7-11-5-3-10(12)4-6-11/h9-10,12-13H,2-8H2,1H3. The molecule has 2 nitrogen and oxygen atoms in total. The second-order valence-corrected chi connectivity index (χ2v) is 4.35. The molecular formula is C10H21NOS. The Morgan fingerprint density at radius 2 is 2.08 bits per heavy atom. The van der Waals surface area contributed by atoms with Crippen LogP contribution in [0.25, 0.3) is 0 Å². The Kier molecular flexibility index (Phi) is 5.14. The van der Waals surface area contributed by atoms with Gasteiger partial charge in [-0.2, -0.15) is 12.6 Å². The highest BCUT2D eigenvalue weighted by Crippen LogP contribution is 2.14. The van der Waals surface area contributed by atoms with Crippen LogP contribution in [0, 0.1) is 5.92 Å². The second kappa shape index (κ2) is 5.89. The highest BCUT2D eigenvalue weighted by Gasteiger charge is 2.18. The Morgan fingerprint density at radius 1 is 1.46 bits per heavy atom. The molecule has 0 aliphatic carbocycles. The van der Waals surface area contributed by atoms with E-state index in [4.69, 9.17) is 0 Å². The zero-order valence-corrected chi connectivity index (χ0v) is 9.34. The predicted octanol–water partition coefficient (Wildman–Crippen LogP) is 1.40. The second-order valence-electron chi connectivity index (χ2n) is 3.99. The summed E-state index contributed by atoms with van der Waals surface area (Å²) < 4.78 is 0. The molecule has 1 heterocycles. The summed E-state index contributed by atoms with van der Waals surface area (Å²) in [7, 11) is 0. The van der Waals surface area contributed by atoms with Crippen molar-refractivity contribution < 1.29 is 5.11 Å². The molecule has 0 aromatic carbocycles. The van der Waals surface area contributed by atoms with Gasteiger partial charge in [-0.15, -0.1) is 0 Å². The van der Waals surface area contributed by atoms with Crippen LogP contribution in [0.2, 0.25) is 0 Å². The maximum Gasteiger partial charge on any atom is 0.0564 e. The van der Waals surface area contributed by atoms with Gasteiger partial charge in [0.1, 0.15) is 0 Å². The number of aliphatic hydroxyl groups excluding tert-OH is 1. The molecule has 1 aliphatic heterocycles. The molecule has 1 saturated heterocycles. The third-order valence-electron chi connectivity index (χ3n) is 2.91. The molecule has 0 bridgehead atoms. The van der Waals surface area contributed by atoms with E-state index >= 15 is 0 Å². The number of nitrogens with zero attached hydrogens (tertiary/aromatic N) is 1. The lowest BCUT2D eigenvalue weighted by Gasteiger charge is -2.31. The summed E-state index contributed by atoms with van der Waals surface area (Å²) in [6.45, 7) is 5.50. The van der Waals surface area contributed by atoms with Crippen LogP contribution in [0.5, 0.6) is 0 Å². The van der Waals surface area contributed by atoms with E-state index < -0.39 is 0 Å². The van der Waals surface area contributed by atoms with Gasteiger partial charge in [0.2, 0.25) is 0 Å². The lowest BCUT2D eigenvalue weighted by molar-refractivity contribution is 0.0761. The van der Waals surface area contributed by atoms with Gasteiger partial charge < -0.3 is 10.0 Å². The Morgan fingerprint density at radius 3 is 2.54 bits per heavy atom. The van der Waals surface area contributed by atoms with Crippen molar-refractivity contribution in [2.45, 2.75) is 32.3 Å². The van der Waals surface area contributed by atoms with Crippen molar-refractivity contribution in [2.75, 3.05) is 25.4 Å². The molecular weight excluding hydrogens is 182 g/mol. The topological polar surface area (TPSA) is 23.5 Å². The van der Waals surface area contributed by atoms with Crippen LogP contribution in [0.4, 0.5) is 0 Å². The maximum absolute atomic E-state index is 9.33. The highest BCUT2D eigenvalue weighted by atomic mass is 32.1. The van der Waals surface area contributed by atoms with E-state index in [1.54, 1.807) is 0 Å². The van der Waals surface area contributed by atoms with E-state index in [2.05, 4.69) is 24.5 Å². The van der Waals surface area contributed by atoms with E-state index in [0.717, 1.165) is 44.1 Å². The summed E-state index contributed by atoms with van der Waals surface area (Å²) in [5.74, 6) is 1.70. The van der Waals surface area contributed by atoms with Crippen molar-refractivity contribution in [3.63, 3.8) is 0 Å². The van der Waals surface area contributed by atoms with E-state index in [1.807, 2.05) is 0 Å². The first-order valence-corrected chi connectivity index (χ1v) is 5.90. The van der Waals surface area contributed by atoms with Gasteiger partial charge in [-0.3, -0.25) is 0 Å². The molecule has 78 valence electrons.